The first-order valence-electron chi connectivity index (χ1n) is 7.30. The number of rotatable bonds is 6. The molecule has 1 aliphatic rings. The monoisotopic (exact) mass is 276 g/mol. The molecule has 1 aliphatic carbocycles. The highest BCUT2D eigenvalue weighted by atomic mass is 16.5. The van der Waals surface area contributed by atoms with Crippen LogP contribution in [0.25, 0.3) is 0 Å². The number of benzene rings is 1. The largest absolute Gasteiger partial charge is 0.484 e. The fourth-order valence-electron chi connectivity index (χ4n) is 2.64. The first kappa shape index (κ1) is 14.9. The predicted octanol–water partition coefficient (Wildman–Crippen LogP) is 2.22. The minimum absolute atomic E-state index is 0.0546. The molecular formula is C16H24N2O2. The van der Waals surface area contributed by atoms with E-state index in [0.717, 1.165) is 12.1 Å². The molecule has 0 aliphatic heterocycles. The van der Waals surface area contributed by atoms with E-state index in [9.17, 15) is 4.79 Å². The van der Waals surface area contributed by atoms with Gasteiger partial charge in [-0.15, -0.1) is 0 Å². The summed E-state index contributed by atoms with van der Waals surface area (Å²) < 4.78 is 5.46. The minimum Gasteiger partial charge on any atom is -0.484 e. The van der Waals surface area contributed by atoms with Crippen molar-refractivity contribution in [1.29, 1.82) is 0 Å². The zero-order chi connectivity index (χ0) is 14.4. The first-order chi connectivity index (χ1) is 9.61. The average molecular weight is 276 g/mol. The third kappa shape index (κ3) is 4.23. The molecule has 0 saturated heterocycles. The van der Waals surface area contributed by atoms with E-state index < -0.39 is 0 Å². The van der Waals surface area contributed by atoms with Gasteiger partial charge in [-0.1, -0.05) is 31.9 Å². The average Bonchev–Trinajstić information content (AvgIpc) is 2.91. The molecule has 3 N–H and O–H groups in total. The summed E-state index contributed by atoms with van der Waals surface area (Å²) in [5.41, 5.74) is 6.86. The van der Waals surface area contributed by atoms with Crippen molar-refractivity contribution in [2.24, 2.45) is 11.1 Å². The molecule has 4 heteroatoms. The molecular weight excluding hydrogens is 252 g/mol. The molecule has 0 heterocycles. The summed E-state index contributed by atoms with van der Waals surface area (Å²) in [6.45, 7) is 3.57. The number of amides is 1. The molecule has 1 saturated carbocycles. The van der Waals surface area contributed by atoms with Gasteiger partial charge >= 0.3 is 0 Å². The van der Waals surface area contributed by atoms with Crippen LogP contribution < -0.4 is 15.8 Å². The van der Waals surface area contributed by atoms with Gasteiger partial charge in [0, 0.05) is 13.1 Å². The predicted molar refractivity (Wildman–Crippen MR) is 79.4 cm³/mol. The molecule has 110 valence electrons. The molecule has 1 aromatic rings. The number of ether oxygens (including phenoxy) is 1. The molecule has 1 fully saturated rings. The summed E-state index contributed by atoms with van der Waals surface area (Å²) in [5.74, 6) is 0.644. The van der Waals surface area contributed by atoms with Gasteiger partial charge in [0.1, 0.15) is 5.75 Å². The lowest BCUT2D eigenvalue weighted by molar-refractivity contribution is -0.123. The maximum Gasteiger partial charge on any atom is 0.257 e. The van der Waals surface area contributed by atoms with Crippen LogP contribution in [0.4, 0.5) is 0 Å². The Hall–Kier alpha value is -1.55. The highest BCUT2D eigenvalue weighted by Crippen LogP contribution is 2.36. The second kappa shape index (κ2) is 6.75. The lowest BCUT2D eigenvalue weighted by Gasteiger charge is -2.23. The molecule has 0 aromatic heterocycles. The Morgan fingerprint density at radius 2 is 1.95 bits per heavy atom. The van der Waals surface area contributed by atoms with Crippen LogP contribution in [0, 0.1) is 5.41 Å². The maximum atomic E-state index is 11.8. The number of hydrogen-bond donors (Lipinski definition) is 2. The Morgan fingerprint density at radius 3 is 2.55 bits per heavy atom. The van der Waals surface area contributed by atoms with Crippen LogP contribution in [0.2, 0.25) is 0 Å². The van der Waals surface area contributed by atoms with E-state index in [4.69, 9.17) is 10.5 Å². The van der Waals surface area contributed by atoms with Crippen LogP contribution in [0.15, 0.2) is 24.3 Å². The van der Waals surface area contributed by atoms with E-state index in [1.807, 2.05) is 24.3 Å². The van der Waals surface area contributed by atoms with Gasteiger partial charge in [-0.05, 0) is 36.0 Å². The van der Waals surface area contributed by atoms with Crippen molar-refractivity contribution < 1.29 is 9.53 Å². The molecule has 4 nitrogen and oxygen atoms in total. The van der Waals surface area contributed by atoms with E-state index >= 15 is 0 Å². The highest BCUT2D eigenvalue weighted by molar-refractivity contribution is 5.77. The summed E-state index contributed by atoms with van der Waals surface area (Å²) in [4.78, 5) is 11.8. The number of nitrogens with two attached hydrogens (primary N) is 1. The van der Waals surface area contributed by atoms with Crippen molar-refractivity contribution in [3.8, 4) is 5.75 Å². The Labute approximate surface area is 120 Å². The third-order valence-electron chi connectivity index (χ3n) is 4.05. The summed E-state index contributed by atoms with van der Waals surface area (Å²) in [5, 5.41) is 2.97. The van der Waals surface area contributed by atoms with Crippen molar-refractivity contribution in [2.45, 2.75) is 39.2 Å². The molecule has 20 heavy (non-hydrogen) atoms. The van der Waals surface area contributed by atoms with Gasteiger partial charge in [-0.2, -0.15) is 0 Å². The van der Waals surface area contributed by atoms with Crippen molar-refractivity contribution in [3.63, 3.8) is 0 Å². The van der Waals surface area contributed by atoms with Gasteiger partial charge in [-0.25, -0.2) is 0 Å². The normalized spacial score (nSPS) is 16.9. The lowest BCUT2D eigenvalue weighted by atomic mass is 9.89. The Kier molecular flexibility index (Phi) is 5.01. The molecule has 0 bridgehead atoms. The zero-order valence-corrected chi connectivity index (χ0v) is 12.2. The minimum atomic E-state index is -0.0546. The van der Waals surface area contributed by atoms with Gasteiger partial charge in [0.25, 0.3) is 5.91 Å². The lowest BCUT2D eigenvalue weighted by Crippen LogP contribution is -2.36. The van der Waals surface area contributed by atoms with Gasteiger partial charge in [-0.3, -0.25) is 4.79 Å². The second-order valence-corrected chi connectivity index (χ2v) is 5.93. The number of hydrogen-bond acceptors (Lipinski definition) is 3. The molecule has 2 rings (SSSR count). The Bertz CT molecular complexity index is 436. The molecule has 0 spiro atoms. The van der Waals surface area contributed by atoms with E-state index in [2.05, 4.69) is 12.2 Å². The van der Waals surface area contributed by atoms with Gasteiger partial charge in [0.05, 0.1) is 0 Å². The van der Waals surface area contributed by atoms with Crippen LogP contribution in [-0.4, -0.2) is 19.1 Å². The van der Waals surface area contributed by atoms with Crippen LogP contribution in [0.1, 0.15) is 38.2 Å². The highest BCUT2D eigenvalue weighted by Gasteiger charge is 2.28. The molecule has 1 amide bonds. The summed E-state index contributed by atoms with van der Waals surface area (Å²) in [6.07, 6.45) is 4.95. The fourth-order valence-corrected chi connectivity index (χ4v) is 2.64. The summed E-state index contributed by atoms with van der Waals surface area (Å²) in [7, 11) is 0. The SMILES string of the molecule is CC1(CNC(=O)COc2ccc(CN)cc2)CCCC1. The summed E-state index contributed by atoms with van der Waals surface area (Å²) in [6, 6.07) is 7.50. The van der Waals surface area contributed by atoms with Gasteiger partial charge < -0.3 is 15.8 Å². The van der Waals surface area contributed by atoms with Crippen LogP contribution >= 0.6 is 0 Å². The zero-order valence-electron chi connectivity index (χ0n) is 12.2. The number of carbonyl (C=O) groups excluding carboxylic acids is 1. The second-order valence-electron chi connectivity index (χ2n) is 5.93. The van der Waals surface area contributed by atoms with E-state index in [1.165, 1.54) is 25.7 Å². The smallest absolute Gasteiger partial charge is 0.257 e. The van der Waals surface area contributed by atoms with Gasteiger partial charge in [0.2, 0.25) is 0 Å². The molecule has 1 aromatic carbocycles. The van der Waals surface area contributed by atoms with Crippen molar-refractivity contribution in [1.82, 2.24) is 5.32 Å². The van der Waals surface area contributed by atoms with Crippen molar-refractivity contribution in [3.05, 3.63) is 29.8 Å². The van der Waals surface area contributed by atoms with Crippen molar-refractivity contribution in [2.75, 3.05) is 13.2 Å². The number of nitrogens with one attached hydrogen (secondary N) is 1. The van der Waals surface area contributed by atoms with Crippen LogP contribution in [0.3, 0.4) is 0 Å². The van der Waals surface area contributed by atoms with Crippen molar-refractivity contribution >= 4 is 5.91 Å². The molecule has 0 radical (unpaired) electrons. The Balaban J connectivity index is 1.71. The fraction of sp³-hybridized carbons (Fsp3) is 0.562. The van der Waals surface area contributed by atoms with Gasteiger partial charge in [0.15, 0.2) is 6.61 Å². The van der Waals surface area contributed by atoms with Crippen LogP contribution in [0.5, 0.6) is 5.75 Å². The first-order valence-corrected chi connectivity index (χ1v) is 7.30. The maximum absolute atomic E-state index is 11.8. The van der Waals surface area contributed by atoms with E-state index in [-0.39, 0.29) is 17.9 Å². The molecule has 0 unspecified atom stereocenters. The molecule has 0 atom stereocenters. The number of carbonyl (C=O) groups is 1. The quantitative estimate of drug-likeness (QED) is 0.837. The Morgan fingerprint density at radius 1 is 1.30 bits per heavy atom. The summed E-state index contributed by atoms with van der Waals surface area (Å²) >= 11 is 0. The standard InChI is InChI=1S/C16H24N2O2/c1-16(8-2-3-9-16)12-18-15(19)11-20-14-6-4-13(10-17)5-7-14/h4-7H,2-3,8-12,17H2,1H3,(H,18,19). The van der Waals surface area contributed by atoms with E-state index in [1.54, 1.807) is 0 Å². The topological polar surface area (TPSA) is 64.3 Å². The van der Waals surface area contributed by atoms with Crippen LogP contribution in [-0.2, 0) is 11.3 Å². The van der Waals surface area contributed by atoms with E-state index in [0.29, 0.717) is 12.3 Å². The third-order valence-corrected chi connectivity index (χ3v) is 4.05.